The number of piperidine rings is 1. The molecule has 0 radical (unpaired) electrons. The molecule has 1 aromatic heterocycles. The van der Waals surface area contributed by atoms with Crippen molar-refractivity contribution in [3.05, 3.63) is 76.9 Å². The van der Waals surface area contributed by atoms with Crippen LogP contribution in [0, 0.1) is 0 Å². The van der Waals surface area contributed by atoms with Gasteiger partial charge < -0.3 is 15.0 Å². The number of nitrogens with two attached hydrogens (primary N) is 1. The van der Waals surface area contributed by atoms with Gasteiger partial charge in [-0.05, 0) is 74.0 Å². The minimum absolute atomic E-state index is 0.0362. The van der Waals surface area contributed by atoms with Crippen LogP contribution in [-0.4, -0.2) is 47.8 Å². The Balaban J connectivity index is 1.23. The molecule has 9 heteroatoms. The molecule has 1 aliphatic carbocycles. The molecular weight excluding hydrogens is 481 g/mol. The van der Waals surface area contributed by atoms with Crippen LogP contribution in [0.25, 0.3) is 0 Å². The second-order valence-corrected chi connectivity index (χ2v) is 10.2. The average molecular weight is 515 g/mol. The maximum absolute atomic E-state index is 13.1. The molecule has 1 saturated carbocycles. The van der Waals surface area contributed by atoms with Crippen LogP contribution in [0.4, 0.5) is 13.2 Å². The van der Waals surface area contributed by atoms with Crippen molar-refractivity contribution < 1.29 is 22.4 Å². The summed E-state index contributed by atoms with van der Waals surface area (Å²) in [6.07, 6.45) is 0.860. The Morgan fingerprint density at radius 1 is 1.14 bits per heavy atom. The van der Waals surface area contributed by atoms with Gasteiger partial charge in [-0.15, -0.1) is 0 Å². The smallest absolute Gasteiger partial charge is 0.416 e. The van der Waals surface area contributed by atoms with Gasteiger partial charge in [0.05, 0.1) is 18.1 Å². The number of rotatable bonds is 8. The molecule has 0 amide bonds. The van der Waals surface area contributed by atoms with Gasteiger partial charge in [-0.3, -0.25) is 4.90 Å². The number of methoxy groups -OCH3 is 1. The standard InChI is InChI=1S/C28H33F3N4O2/c1-36-24-8-6-21(7-9-24)27(12-3-13-27)26-33-25(37-34-26)17-23(18-32)35-14-10-19(11-15-35)20-4-2-5-22(16-20)28(29,30)31/h2,4-9,16,19,23H,3,10-15,17-18,32H2,1H3. The first-order chi connectivity index (χ1) is 17.8. The van der Waals surface area contributed by atoms with Gasteiger partial charge in [-0.2, -0.15) is 18.2 Å². The quantitative estimate of drug-likeness (QED) is 0.439. The lowest BCUT2D eigenvalue weighted by molar-refractivity contribution is -0.137. The third kappa shape index (κ3) is 5.25. The van der Waals surface area contributed by atoms with Gasteiger partial charge >= 0.3 is 6.18 Å². The van der Waals surface area contributed by atoms with Crippen molar-refractivity contribution in [1.29, 1.82) is 0 Å². The number of ether oxygens (including phenoxy) is 1. The predicted octanol–water partition coefficient (Wildman–Crippen LogP) is 5.32. The molecule has 1 saturated heterocycles. The maximum atomic E-state index is 13.1. The highest BCUT2D eigenvalue weighted by molar-refractivity contribution is 5.39. The molecule has 2 N–H and O–H groups in total. The predicted molar refractivity (Wildman–Crippen MR) is 133 cm³/mol. The Bertz CT molecular complexity index is 1180. The summed E-state index contributed by atoms with van der Waals surface area (Å²) in [6, 6.07) is 13.8. The van der Waals surface area contributed by atoms with Gasteiger partial charge in [0.1, 0.15) is 5.75 Å². The summed E-state index contributed by atoms with van der Waals surface area (Å²) in [5.41, 5.74) is 7.25. The molecule has 2 aliphatic rings. The van der Waals surface area contributed by atoms with E-state index in [1.165, 1.54) is 17.7 Å². The summed E-state index contributed by atoms with van der Waals surface area (Å²) >= 11 is 0. The minimum Gasteiger partial charge on any atom is -0.497 e. The van der Waals surface area contributed by atoms with E-state index >= 15 is 0 Å². The van der Waals surface area contributed by atoms with Crippen LogP contribution in [-0.2, 0) is 18.0 Å². The average Bonchev–Trinajstić information content (AvgIpc) is 3.35. The van der Waals surface area contributed by atoms with Crippen LogP contribution < -0.4 is 10.5 Å². The summed E-state index contributed by atoms with van der Waals surface area (Å²) in [5.74, 6) is 2.22. The first-order valence-electron chi connectivity index (χ1n) is 12.9. The number of nitrogens with zero attached hydrogens (tertiary/aromatic N) is 3. The monoisotopic (exact) mass is 514 g/mol. The van der Waals surface area contributed by atoms with Gasteiger partial charge in [0.15, 0.2) is 5.82 Å². The first-order valence-corrected chi connectivity index (χ1v) is 12.9. The molecule has 0 bridgehead atoms. The van der Waals surface area contributed by atoms with E-state index < -0.39 is 11.7 Å². The molecule has 0 spiro atoms. The zero-order valence-electron chi connectivity index (χ0n) is 21.0. The minimum atomic E-state index is -4.32. The van der Waals surface area contributed by atoms with E-state index in [9.17, 15) is 13.2 Å². The van der Waals surface area contributed by atoms with Crippen molar-refractivity contribution in [2.45, 2.75) is 62.1 Å². The molecular formula is C28H33F3N4O2. The van der Waals surface area contributed by atoms with Crippen molar-refractivity contribution in [3.63, 3.8) is 0 Å². The lowest BCUT2D eigenvalue weighted by Gasteiger charge is -2.39. The van der Waals surface area contributed by atoms with Gasteiger partial charge in [0.25, 0.3) is 0 Å². The second kappa shape index (κ2) is 10.5. The number of alkyl halides is 3. The third-order valence-electron chi connectivity index (χ3n) is 8.16. The molecule has 1 unspecified atom stereocenters. The van der Waals surface area contributed by atoms with Crippen LogP contribution in [0.3, 0.4) is 0 Å². The Morgan fingerprint density at radius 3 is 2.46 bits per heavy atom. The summed E-state index contributed by atoms with van der Waals surface area (Å²) in [4.78, 5) is 7.11. The van der Waals surface area contributed by atoms with E-state index in [0.29, 0.717) is 18.9 Å². The number of aromatic nitrogens is 2. The van der Waals surface area contributed by atoms with Gasteiger partial charge in [-0.25, -0.2) is 0 Å². The molecule has 198 valence electrons. The Hall–Kier alpha value is -2.91. The van der Waals surface area contributed by atoms with Gasteiger partial charge in [0, 0.05) is 19.0 Å². The van der Waals surface area contributed by atoms with Crippen LogP contribution in [0.15, 0.2) is 53.1 Å². The largest absolute Gasteiger partial charge is 0.497 e. The maximum Gasteiger partial charge on any atom is 0.416 e. The van der Waals surface area contributed by atoms with E-state index in [2.05, 4.69) is 22.2 Å². The molecule has 1 aliphatic heterocycles. The van der Waals surface area contributed by atoms with Crippen LogP contribution in [0.5, 0.6) is 5.75 Å². The van der Waals surface area contributed by atoms with Crippen molar-refractivity contribution in [3.8, 4) is 5.75 Å². The van der Waals surface area contributed by atoms with Gasteiger partial charge in [0.2, 0.25) is 5.89 Å². The molecule has 1 atom stereocenters. The number of hydrogen-bond donors (Lipinski definition) is 1. The second-order valence-electron chi connectivity index (χ2n) is 10.2. The van der Waals surface area contributed by atoms with E-state index in [0.717, 1.165) is 68.4 Å². The Morgan fingerprint density at radius 2 is 1.86 bits per heavy atom. The van der Waals surface area contributed by atoms with E-state index in [-0.39, 0.29) is 17.4 Å². The fourth-order valence-corrected chi connectivity index (χ4v) is 5.74. The van der Waals surface area contributed by atoms with E-state index in [1.807, 2.05) is 12.1 Å². The molecule has 2 fully saturated rings. The first kappa shape index (κ1) is 25.7. The summed E-state index contributed by atoms with van der Waals surface area (Å²) < 4.78 is 50.4. The van der Waals surface area contributed by atoms with Crippen molar-refractivity contribution >= 4 is 0 Å². The molecule has 2 heterocycles. The van der Waals surface area contributed by atoms with Crippen LogP contribution >= 0.6 is 0 Å². The molecule has 5 rings (SSSR count). The topological polar surface area (TPSA) is 77.4 Å². The highest BCUT2D eigenvalue weighted by Gasteiger charge is 2.44. The van der Waals surface area contributed by atoms with Crippen molar-refractivity contribution in [2.75, 3.05) is 26.7 Å². The summed E-state index contributed by atoms with van der Waals surface area (Å²) in [6.45, 7) is 1.97. The van der Waals surface area contributed by atoms with Crippen LogP contribution in [0.1, 0.15) is 66.4 Å². The number of hydrogen-bond acceptors (Lipinski definition) is 6. The highest BCUT2D eigenvalue weighted by Crippen LogP contribution is 2.48. The van der Waals surface area contributed by atoms with E-state index in [4.69, 9.17) is 20.0 Å². The lowest BCUT2D eigenvalue weighted by atomic mass is 9.64. The van der Waals surface area contributed by atoms with Crippen molar-refractivity contribution in [1.82, 2.24) is 15.0 Å². The molecule has 6 nitrogen and oxygen atoms in total. The SMILES string of the molecule is COc1ccc(C2(c3noc(CC(CN)N4CCC(c5cccc(C(F)(F)F)c5)CC4)n3)CCC2)cc1. The normalized spacial score (nSPS) is 19.4. The highest BCUT2D eigenvalue weighted by atomic mass is 19.4. The number of halogens is 3. The van der Waals surface area contributed by atoms with Gasteiger partial charge in [-0.1, -0.05) is 41.9 Å². The van der Waals surface area contributed by atoms with Crippen molar-refractivity contribution in [2.24, 2.45) is 5.73 Å². The molecule has 37 heavy (non-hydrogen) atoms. The molecule has 3 aromatic rings. The van der Waals surface area contributed by atoms with Crippen LogP contribution in [0.2, 0.25) is 0 Å². The fraction of sp³-hybridized carbons (Fsp3) is 0.500. The Labute approximate surface area is 215 Å². The Kier molecular flexibility index (Phi) is 7.27. The summed E-state index contributed by atoms with van der Waals surface area (Å²) in [5, 5.41) is 4.37. The number of benzene rings is 2. The molecule has 2 aromatic carbocycles. The van der Waals surface area contributed by atoms with E-state index in [1.54, 1.807) is 13.2 Å². The number of likely N-dealkylation sites (tertiary alicyclic amines) is 1. The third-order valence-corrected chi connectivity index (χ3v) is 8.16. The summed E-state index contributed by atoms with van der Waals surface area (Å²) in [7, 11) is 1.65. The zero-order valence-corrected chi connectivity index (χ0v) is 21.0. The fourth-order valence-electron chi connectivity index (χ4n) is 5.74. The lowest BCUT2D eigenvalue weighted by Crippen LogP contribution is -2.46. The zero-order chi connectivity index (χ0) is 26.0.